The van der Waals surface area contributed by atoms with Gasteiger partial charge in [-0.05, 0) is 56.8 Å². The first kappa shape index (κ1) is 17.7. The fourth-order valence-electron chi connectivity index (χ4n) is 3.83. The second kappa shape index (κ2) is 8.30. The maximum atomic E-state index is 13.0. The average Bonchev–Trinajstić information content (AvgIpc) is 3.05. The molecule has 0 radical (unpaired) electrons. The van der Waals surface area contributed by atoms with Crippen LogP contribution < -0.4 is 4.90 Å². The fourth-order valence-corrected chi connectivity index (χ4v) is 3.83. The van der Waals surface area contributed by atoms with Crippen molar-refractivity contribution in [3.05, 3.63) is 65.7 Å². The highest BCUT2D eigenvalue weighted by Crippen LogP contribution is 2.23. The van der Waals surface area contributed by atoms with Crippen molar-refractivity contribution in [1.29, 1.82) is 0 Å². The van der Waals surface area contributed by atoms with Crippen LogP contribution in [0.1, 0.15) is 30.9 Å². The van der Waals surface area contributed by atoms with Crippen molar-refractivity contribution in [2.24, 2.45) is 0 Å². The zero-order chi connectivity index (χ0) is 17.6. The number of hydrogen-bond donors (Lipinski definition) is 0. The number of para-hydroxylation sites is 1. The van der Waals surface area contributed by atoms with Crippen molar-refractivity contribution in [2.75, 3.05) is 24.5 Å². The molecule has 2 aromatic rings. The molecule has 0 aliphatic carbocycles. The highest BCUT2D eigenvalue weighted by Gasteiger charge is 2.28. The summed E-state index contributed by atoms with van der Waals surface area (Å²) in [5, 5.41) is 0. The molecular weight excluding hydrogens is 308 g/mol. The normalized spacial score (nSPS) is 17.6. The molecular formula is C22H28N2O. The third kappa shape index (κ3) is 4.29. The maximum Gasteiger partial charge on any atom is 0.241 e. The van der Waals surface area contributed by atoms with Crippen LogP contribution in [0.5, 0.6) is 0 Å². The Hall–Kier alpha value is -2.13. The number of aryl methyl sites for hydroxylation is 1. The van der Waals surface area contributed by atoms with Crippen molar-refractivity contribution < 1.29 is 4.79 Å². The van der Waals surface area contributed by atoms with Gasteiger partial charge in [0.2, 0.25) is 5.91 Å². The largest absolute Gasteiger partial charge is 0.311 e. The molecule has 3 rings (SSSR count). The summed E-state index contributed by atoms with van der Waals surface area (Å²) in [4.78, 5) is 17.3. The minimum Gasteiger partial charge on any atom is -0.311 e. The van der Waals surface area contributed by atoms with Gasteiger partial charge in [0, 0.05) is 18.3 Å². The molecule has 1 atom stereocenters. The molecule has 1 saturated heterocycles. The predicted molar refractivity (Wildman–Crippen MR) is 104 cm³/mol. The van der Waals surface area contributed by atoms with Crippen molar-refractivity contribution in [3.8, 4) is 0 Å². The van der Waals surface area contributed by atoms with E-state index in [0.29, 0.717) is 19.1 Å². The number of amides is 1. The summed E-state index contributed by atoms with van der Waals surface area (Å²) in [6.07, 6.45) is 3.39. The second-order valence-corrected chi connectivity index (χ2v) is 6.88. The summed E-state index contributed by atoms with van der Waals surface area (Å²) in [6.45, 7) is 6.37. The van der Waals surface area contributed by atoms with E-state index in [2.05, 4.69) is 55.1 Å². The maximum absolute atomic E-state index is 13.0. The molecule has 1 amide bonds. The van der Waals surface area contributed by atoms with Gasteiger partial charge in [-0.15, -0.1) is 0 Å². The number of nitrogens with zero attached hydrogens (tertiary/aromatic N) is 2. The Balaban J connectivity index is 1.67. The number of carbonyl (C=O) groups excluding carboxylic acids is 1. The SMILES string of the molecule is CCN(C(=O)CN1CCC[C@@H]1Cc1ccccc1)c1ccccc1C. The molecule has 3 heteroatoms. The molecule has 1 aliphatic heterocycles. The molecule has 1 fully saturated rings. The van der Waals surface area contributed by atoms with E-state index in [9.17, 15) is 4.79 Å². The molecule has 0 unspecified atom stereocenters. The van der Waals surface area contributed by atoms with E-state index in [-0.39, 0.29) is 5.91 Å². The van der Waals surface area contributed by atoms with Gasteiger partial charge >= 0.3 is 0 Å². The summed E-state index contributed by atoms with van der Waals surface area (Å²) in [6, 6.07) is 19.2. The van der Waals surface area contributed by atoms with Gasteiger partial charge in [0.15, 0.2) is 0 Å². The Bertz CT molecular complexity index is 698. The molecule has 0 bridgehead atoms. The van der Waals surface area contributed by atoms with Crippen LogP contribution in [0.25, 0.3) is 0 Å². The summed E-state index contributed by atoms with van der Waals surface area (Å²) >= 11 is 0. The molecule has 0 N–H and O–H groups in total. The first-order valence-corrected chi connectivity index (χ1v) is 9.33. The molecule has 25 heavy (non-hydrogen) atoms. The lowest BCUT2D eigenvalue weighted by molar-refractivity contribution is -0.119. The summed E-state index contributed by atoms with van der Waals surface area (Å²) in [7, 11) is 0. The van der Waals surface area contributed by atoms with E-state index in [4.69, 9.17) is 0 Å². The summed E-state index contributed by atoms with van der Waals surface area (Å²) in [5.74, 6) is 0.205. The minimum absolute atomic E-state index is 0.205. The number of anilines is 1. The zero-order valence-corrected chi connectivity index (χ0v) is 15.3. The van der Waals surface area contributed by atoms with E-state index in [1.165, 1.54) is 18.4 Å². The smallest absolute Gasteiger partial charge is 0.241 e. The minimum atomic E-state index is 0.205. The van der Waals surface area contributed by atoms with Crippen molar-refractivity contribution in [2.45, 2.75) is 39.2 Å². The van der Waals surface area contributed by atoms with E-state index >= 15 is 0 Å². The lowest BCUT2D eigenvalue weighted by atomic mass is 10.0. The summed E-state index contributed by atoms with van der Waals surface area (Å²) in [5.41, 5.74) is 3.55. The van der Waals surface area contributed by atoms with Gasteiger partial charge < -0.3 is 4.90 Å². The summed E-state index contributed by atoms with van der Waals surface area (Å²) < 4.78 is 0. The van der Waals surface area contributed by atoms with E-state index in [1.54, 1.807) is 0 Å². The van der Waals surface area contributed by atoms with Crippen molar-refractivity contribution >= 4 is 11.6 Å². The molecule has 1 heterocycles. The van der Waals surface area contributed by atoms with Crippen LogP contribution in [-0.2, 0) is 11.2 Å². The monoisotopic (exact) mass is 336 g/mol. The molecule has 132 valence electrons. The number of hydrogen-bond acceptors (Lipinski definition) is 2. The number of carbonyl (C=O) groups is 1. The Labute approximate surface area is 151 Å². The number of benzene rings is 2. The third-order valence-electron chi connectivity index (χ3n) is 5.18. The van der Waals surface area contributed by atoms with E-state index < -0.39 is 0 Å². The van der Waals surface area contributed by atoms with Crippen molar-refractivity contribution in [1.82, 2.24) is 4.90 Å². The van der Waals surface area contributed by atoms with Gasteiger partial charge in [0.25, 0.3) is 0 Å². The molecule has 0 saturated carbocycles. The van der Waals surface area contributed by atoms with E-state index in [0.717, 1.165) is 24.2 Å². The zero-order valence-electron chi connectivity index (χ0n) is 15.3. The molecule has 3 nitrogen and oxygen atoms in total. The Morgan fingerprint density at radius 3 is 2.56 bits per heavy atom. The second-order valence-electron chi connectivity index (χ2n) is 6.88. The van der Waals surface area contributed by atoms with Crippen molar-refractivity contribution in [3.63, 3.8) is 0 Å². The topological polar surface area (TPSA) is 23.6 Å². The molecule has 1 aliphatic rings. The third-order valence-corrected chi connectivity index (χ3v) is 5.18. The Kier molecular flexibility index (Phi) is 5.87. The highest BCUT2D eigenvalue weighted by atomic mass is 16.2. The van der Waals surface area contributed by atoms with Crippen LogP contribution in [0.3, 0.4) is 0 Å². The number of likely N-dealkylation sites (tertiary alicyclic amines) is 1. The van der Waals surface area contributed by atoms with Crippen LogP contribution >= 0.6 is 0 Å². The van der Waals surface area contributed by atoms with Gasteiger partial charge in [-0.1, -0.05) is 48.5 Å². The van der Waals surface area contributed by atoms with Gasteiger partial charge in [0.05, 0.1) is 6.54 Å². The molecule has 0 spiro atoms. The number of rotatable bonds is 6. The quantitative estimate of drug-likeness (QED) is 0.794. The van der Waals surface area contributed by atoms with Crippen LogP contribution in [-0.4, -0.2) is 36.5 Å². The average molecular weight is 336 g/mol. The van der Waals surface area contributed by atoms with Gasteiger partial charge in [-0.3, -0.25) is 9.69 Å². The lowest BCUT2D eigenvalue weighted by Crippen LogP contribution is -2.43. The van der Waals surface area contributed by atoms with Gasteiger partial charge in [-0.2, -0.15) is 0 Å². The van der Waals surface area contributed by atoms with Crippen LogP contribution in [0.15, 0.2) is 54.6 Å². The fraction of sp³-hybridized carbons (Fsp3) is 0.409. The Morgan fingerprint density at radius 1 is 1.12 bits per heavy atom. The highest BCUT2D eigenvalue weighted by molar-refractivity contribution is 5.95. The molecule has 0 aromatic heterocycles. The number of likely N-dealkylation sites (N-methyl/N-ethyl adjacent to an activating group) is 1. The predicted octanol–water partition coefficient (Wildman–Crippen LogP) is 4.06. The van der Waals surface area contributed by atoms with Crippen LogP contribution in [0.2, 0.25) is 0 Å². The van der Waals surface area contributed by atoms with Crippen LogP contribution in [0, 0.1) is 6.92 Å². The lowest BCUT2D eigenvalue weighted by Gasteiger charge is -2.29. The molecule has 2 aromatic carbocycles. The Morgan fingerprint density at radius 2 is 1.84 bits per heavy atom. The van der Waals surface area contributed by atoms with Crippen LogP contribution in [0.4, 0.5) is 5.69 Å². The van der Waals surface area contributed by atoms with Gasteiger partial charge in [0.1, 0.15) is 0 Å². The van der Waals surface area contributed by atoms with E-state index in [1.807, 2.05) is 23.1 Å². The first-order chi connectivity index (χ1) is 12.2. The standard InChI is InChI=1S/C22H28N2O/c1-3-24(21-14-8-7-10-18(21)2)22(25)17-23-15-9-13-20(23)16-19-11-5-4-6-12-19/h4-8,10-12,14,20H,3,9,13,15-17H2,1-2H3/t20-/m1/s1. The van der Waals surface area contributed by atoms with Gasteiger partial charge in [-0.25, -0.2) is 0 Å². The first-order valence-electron chi connectivity index (χ1n) is 9.33.